The number of nitrogens with one attached hydrogen (secondary N) is 2. The van der Waals surface area contributed by atoms with Gasteiger partial charge in [0, 0.05) is 19.0 Å². The minimum Gasteiger partial charge on any atom is -0.354 e. The Morgan fingerprint density at radius 3 is 2.69 bits per heavy atom. The minimum absolute atomic E-state index is 0.0992. The molecule has 0 radical (unpaired) electrons. The van der Waals surface area contributed by atoms with Gasteiger partial charge in [0.1, 0.15) is 0 Å². The molecule has 1 rings (SSSR count). The summed E-state index contributed by atoms with van der Waals surface area (Å²) in [5, 5.41) is 6.43. The van der Waals surface area contributed by atoms with Gasteiger partial charge in [-0.25, -0.2) is 0 Å². The molecule has 0 heterocycles. The zero-order valence-electron chi connectivity index (χ0n) is 8.60. The molecule has 2 N–H and O–H groups in total. The van der Waals surface area contributed by atoms with Crippen LogP contribution in [0.4, 0.5) is 0 Å². The van der Waals surface area contributed by atoms with Crippen molar-refractivity contribution in [3.05, 3.63) is 0 Å². The van der Waals surface area contributed by atoms with Crippen LogP contribution in [0.3, 0.4) is 0 Å². The molecule has 2 atom stereocenters. The van der Waals surface area contributed by atoms with E-state index in [0.717, 1.165) is 19.4 Å². The molecule has 0 bridgehead atoms. The maximum Gasteiger partial charge on any atom is 0.217 e. The second-order valence-corrected chi connectivity index (χ2v) is 3.82. The quantitative estimate of drug-likeness (QED) is 0.688. The van der Waals surface area contributed by atoms with Crippen molar-refractivity contribution in [3.63, 3.8) is 0 Å². The number of amides is 1. The number of carbonyl (C=O) groups is 1. The van der Waals surface area contributed by atoms with Gasteiger partial charge >= 0.3 is 0 Å². The van der Waals surface area contributed by atoms with E-state index in [-0.39, 0.29) is 5.91 Å². The summed E-state index contributed by atoms with van der Waals surface area (Å²) >= 11 is 0. The molecule has 0 spiro atoms. The van der Waals surface area contributed by atoms with E-state index in [1.165, 1.54) is 12.8 Å². The fourth-order valence-corrected chi connectivity index (χ4v) is 2.08. The monoisotopic (exact) mass is 184 g/mol. The molecule has 0 aromatic rings. The fraction of sp³-hybridized carbons (Fsp3) is 0.900. The molecule has 13 heavy (non-hydrogen) atoms. The smallest absolute Gasteiger partial charge is 0.217 e. The van der Waals surface area contributed by atoms with Crippen LogP contribution in [-0.2, 0) is 4.79 Å². The first-order valence-electron chi connectivity index (χ1n) is 5.23. The van der Waals surface area contributed by atoms with Gasteiger partial charge in [-0.3, -0.25) is 4.79 Å². The van der Waals surface area contributed by atoms with Crippen LogP contribution < -0.4 is 10.6 Å². The van der Waals surface area contributed by atoms with Gasteiger partial charge in [0.15, 0.2) is 0 Å². The Hall–Kier alpha value is -0.570. The first kappa shape index (κ1) is 10.5. The van der Waals surface area contributed by atoms with E-state index >= 15 is 0 Å². The fourth-order valence-electron chi connectivity index (χ4n) is 2.08. The van der Waals surface area contributed by atoms with Crippen molar-refractivity contribution in [2.45, 2.75) is 51.6 Å². The highest BCUT2D eigenvalue weighted by molar-refractivity contribution is 5.73. The van der Waals surface area contributed by atoms with Gasteiger partial charge in [-0.05, 0) is 32.2 Å². The molecular formula is C10H20N2O. The molecule has 0 saturated heterocycles. The van der Waals surface area contributed by atoms with Crippen LogP contribution in [0, 0.1) is 0 Å². The molecule has 1 aliphatic rings. The standard InChI is InChI=1S/C10H20N2O/c1-3-11-9-5-4-6-10(7-9)12-8(2)13/h9-11H,3-7H2,1-2H3,(H,12,13)/t9-,10-/m0/s1. The Bertz CT molecular complexity index is 168. The van der Waals surface area contributed by atoms with Crippen molar-refractivity contribution in [1.82, 2.24) is 10.6 Å². The summed E-state index contributed by atoms with van der Waals surface area (Å²) in [6, 6.07) is 1.01. The number of hydrogen-bond donors (Lipinski definition) is 2. The summed E-state index contributed by atoms with van der Waals surface area (Å²) in [5.41, 5.74) is 0. The molecule has 0 aliphatic heterocycles. The molecule has 76 valence electrons. The maximum atomic E-state index is 10.8. The Morgan fingerprint density at radius 2 is 2.08 bits per heavy atom. The normalized spacial score (nSPS) is 28.5. The van der Waals surface area contributed by atoms with Crippen molar-refractivity contribution < 1.29 is 4.79 Å². The van der Waals surface area contributed by atoms with Crippen LogP contribution in [0.15, 0.2) is 0 Å². The van der Waals surface area contributed by atoms with Crippen molar-refractivity contribution in [3.8, 4) is 0 Å². The van der Waals surface area contributed by atoms with E-state index in [2.05, 4.69) is 17.6 Å². The average molecular weight is 184 g/mol. The van der Waals surface area contributed by atoms with Gasteiger partial charge in [0.2, 0.25) is 5.91 Å². The van der Waals surface area contributed by atoms with Crippen molar-refractivity contribution in [2.75, 3.05) is 6.54 Å². The van der Waals surface area contributed by atoms with E-state index in [9.17, 15) is 4.79 Å². The van der Waals surface area contributed by atoms with E-state index in [0.29, 0.717) is 12.1 Å². The molecule has 0 unspecified atom stereocenters. The van der Waals surface area contributed by atoms with Gasteiger partial charge in [-0.1, -0.05) is 6.92 Å². The van der Waals surface area contributed by atoms with Gasteiger partial charge in [0.25, 0.3) is 0 Å². The molecule has 1 fully saturated rings. The summed E-state index contributed by atoms with van der Waals surface area (Å²) in [4.78, 5) is 10.8. The first-order valence-corrected chi connectivity index (χ1v) is 5.23. The van der Waals surface area contributed by atoms with E-state index < -0.39 is 0 Å². The van der Waals surface area contributed by atoms with E-state index in [1.54, 1.807) is 6.92 Å². The van der Waals surface area contributed by atoms with Gasteiger partial charge in [0.05, 0.1) is 0 Å². The molecule has 1 amide bonds. The summed E-state index contributed by atoms with van der Waals surface area (Å²) in [7, 11) is 0. The second-order valence-electron chi connectivity index (χ2n) is 3.82. The van der Waals surface area contributed by atoms with E-state index in [4.69, 9.17) is 0 Å². The summed E-state index contributed by atoms with van der Waals surface area (Å²) in [6.45, 7) is 4.75. The molecule has 0 aromatic carbocycles. The van der Waals surface area contributed by atoms with Gasteiger partial charge in [-0.15, -0.1) is 0 Å². The van der Waals surface area contributed by atoms with Crippen LogP contribution in [0.25, 0.3) is 0 Å². The summed E-state index contributed by atoms with van der Waals surface area (Å²) < 4.78 is 0. The Kier molecular flexibility index (Phi) is 4.22. The maximum absolute atomic E-state index is 10.8. The first-order chi connectivity index (χ1) is 6.22. The Labute approximate surface area is 80.3 Å². The highest BCUT2D eigenvalue weighted by Gasteiger charge is 2.21. The highest BCUT2D eigenvalue weighted by Crippen LogP contribution is 2.18. The predicted octanol–water partition coefficient (Wildman–Crippen LogP) is 1.04. The SMILES string of the molecule is CCN[C@H]1CCC[C@H](NC(C)=O)C1. The third-order valence-corrected chi connectivity index (χ3v) is 2.57. The molecule has 3 heteroatoms. The Balaban J connectivity index is 2.28. The number of hydrogen-bond acceptors (Lipinski definition) is 2. The molecule has 3 nitrogen and oxygen atoms in total. The van der Waals surface area contributed by atoms with E-state index in [1.807, 2.05) is 0 Å². The van der Waals surface area contributed by atoms with Gasteiger partial charge in [-0.2, -0.15) is 0 Å². The van der Waals surface area contributed by atoms with Crippen LogP contribution >= 0.6 is 0 Å². The number of rotatable bonds is 3. The van der Waals surface area contributed by atoms with Crippen molar-refractivity contribution in [2.24, 2.45) is 0 Å². The van der Waals surface area contributed by atoms with Crippen LogP contribution in [0.1, 0.15) is 39.5 Å². The molecular weight excluding hydrogens is 164 g/mol. The summed E-state index contributed by atoms with van der Waals surface area (Å²) in [6.07, 6.45) is 4.71. The van der Waals surface area contributed by atoms with Crippen molar-refractivity contribution >= 4 is 5.91 Å². The minimum atomic E-state index is 0.0992. The summed E-state index contributed by atoms with van der Waals surface area (Å²) in [5.74, 6) is 0.0992. The zero-order chi connectivity index (χ0) is 9.68. The van der Waals surface area contributed by atoms with Crippen LogP contribution in [0.5, 0.6) is 0 Å². The lowest BCUT2D eigenvalue weighted by Crippen LogP contribution is -2.43. The third kappa shape index (κ3) is 3.77. The molecule has 1 aliphatic carbocycles. The third-order valence-electron chi connectivity index (χ3n) is 2.57. The van der Waals surface area contributed by atoms with Gasteiger partial charge < -0.3 is 10.6 Å². The molecule has 0 aromatic heterocycles. The molecule has 1 saturated carbocycles. The predicted molar refractivity (Wildman–Crippen MR) is 53.5 cm³/mol. The van der Waals surface area contributed by atoms with Crippen molar-refractivity contribution in [1.29, 1.82) is 0 Å². The number of carbonyl (C=O) groups excluding carboxylic acids is 1. The second kappa shape index (κ2) is 5.22. The lowest BCUT2D eigenvalue weighted by Gasteiger charge is -2.29. The highest BCUT2D eigenvalue weighted by atomic mass is 16.1. The topological polar surface area (TPSA) is 41.1 Å². The average Bonchev–Trinajstić information content (AvgIpc) is 2.04. The van der Waals surface area contributed by atoms with Crippen LogP contribution in [-0.4, -0.2) is 24.5 Å². The Morgan fingerprint density at radius 1 is 1.38 bits per heavy atom. The lowest BCUT2D eigenvalue weighted by atomic mass is 9.91. The largest absolute Gasteiger partial charge is 0.354 e. The zero-order valence-corrected chi connectivity index (χ0v) is 8.60. The lowest BCUT2D eigenvalue weighted by molar-refractivity contribution is -0.119. The van der Waals surface area contributed by atoms with Crippen LogP contribution in [0.2, 0.25) is 0 Å².